The van der Waals surface area contributed by atoms with Crippen molar-refractivity contribution >= 4 is 44.7 Å². The molecule has 0 fully saturated rings. The molecule has 0 aromatic carbocycles. The van der Waals surface area contributed by atoms with Gasteiger partial charge in [0.05, 0.1) is 24.1 Å². The van der Waals surface area contributed by atoms with Crippen molar-refractivity contribution in [3.05, 3.63) is 49.4 Å². The van der Waals surface area contributed by atoms with Crippen LogP contribution in [0.5, 0.6) is 0 Å². The number of pyridine rings is 1. The van der Waals surface area contributed by atoms with Gasteiger partial charge in [0.25, 0.3) is 0 Å². The molecule has 0 aliphatic heterocycles. The Morgan fingerprint density at radius 3 is 2.69 bits per heavy atom. The number of nitrogens with zero attached hydrogens (tertiary/aromatic N) is 1. The monoisotopic (exact) mass is 560 g/mol. The van der Waals surface area contributed by atoms with Gasteiger partial charge in [-0.05, 0) is 28.9 Å². The molecule has 2 aromatic rings. The second-order valence-electron chi connectivity index (χ2n) is 6.36. The third kappa shape index (κ3) is 7.47. The Morgan fingerprint density at radius 2 is 2.19 bits per heavy atom. The molecular weight excluding hydrogens is 541 g/mol. The number of aromatic amines is 1. The van der Waals surface area contributed by atoms with Crippen LogP contribution < -0.4 is 15.9 Å². The fourth-order valence-corrected chi connectivity index (χ4v) is 4.52. The summed E-state index contributed by atoms with van der Waals surface area (Å²) in [4.78, 5) is 17.0. The van der Waals surface area contributed by atoms with Crippen molar-refractivity contribution in [2.45, 2.75) is 41.9 Å². The minimum absolute atomic E-state index is 0.0966. The first kappa shape index (κ1) is 26.6. The first-order chi connectivity index (χ1) is 14.9. The Bertz CT molecular complexity index is 986. The second kappa shape index (κ2) is 11.5. The minimum atomic E-state index is -4.65. The molecule has 4 unspecified atom stereocenters. The Labute approximate surface area is 196 Å². The SMILES string of the molecule is CC(O)C(CO)OC(Sc1cnc(C(F)(F)F)c(Br)c1)C(O)N/C=C(\N)c1csc(=O)[nH]1. The molecule has 0 saturated carbocycles. The average Bonchev–Trinajstić information content (AvgIpc) is 3.14. The van der Waals surface area contributed by atoms with Crippen molar-refractivity contribution in [2.24, 2.45) is 5.73 Å². The summed E-state index contributed by atoms with van der Waals surface area (Å²) in [7, 11) is 0. The largest absolute Gasteiger partial charge is 0.434 e. The number of ether oxygens (including phenoxy) is 1. The molecule has 178 valence electrons. The van der Waals surface area contributed by atoms with E-state index < -0.39 is 42.3 Å². The van der Waals surface area contributed by atoms with Crippen molar-refractivity contribution in [1.82, 2.24) is 15.3 Å². The van der Waals surface area contributed by atoms with Crippen molar-refractivity contribution in [3.63, 3.8) is 0 Å². The smallest absolute Gasteiger partial charge is 0.396 e. The summed E-state index contributed by atoms with van der Waals surface area (Å²) < 4.78 is 44.0. The van der Waals surface area contributed by atoms with Gasteiger partial charge in [-0.15, -0.1) is 0 Å². The molecule has 7 N–H and O–H groups in total. The Hall–Kier alpha value is -1.62. The van der Waals surface area contributed by atoms with Crippen molar-refractivity contribution < 1.29 is 33.2 Å². The molecule has 2 aromatic heterocycles. The number of thioether (sulfide) groups is 1. The number of thiazole rings is 1. The number of aromatic nitrogens is 2. The summed E-state index contributed by atoms with van der Waals surface area (Å²) in [5.74, 6) is 0. The van der Waals surface area contributed by atoms with E-state index in [9.17, 15) is 33.3 Å². The molecule has 32 heavy (non-hydrogen) atoms. The van der Waals surface area contributed by atoms with Crippen molar-refractivity contribution in [2.75, 3.05) is 6.61 Å². The molecule has 9 nitrogen and oxygen atoms in total. The highest BCUT2D eigenvalue weighted by Gasteiger charge is 2.35. The maximum absolute atomic E-state index is 12.9. The third-order valence-electron chi connectivity index (χ3n) is 3.86. The number of hydrogen-bond acceptors (Lipinski definition) is 10. The average molecular weight is 561 g/mol. The Balaban J connectivity index is 2.23. The summed E-state index contributed by atoms with van der Waals surface area (Å²) in [6, 6.07) is 1.15. The van der Waals surface area contributed by atoms with E-state index >= 15 is 0 Å². The highest BCUT2D eigenvalue weighted by atomic mass is 79.9. The first-order valence-corrected chi connectivity index (χ1v) is 11.4. The number of halogens is 4. The summed E-state index contributed by atoms with van der Waals surface area (Å²) in [5.41, 5.74) is 3.92. The fourth-order valence-electron chi connectivity index (χ4n) is 2.23. The lowest BCUT2D eigenvalue weighted by Gasteiger charge is -2.28. The maximum Gasteiger partial charge on any atom is 0.434 e. The molecule has 0 spiro atoms. The van der Waals surface area contributed by atoms with Crippen LogP contribution in [0, 0.1) is 0 Å². The number of hydrogen-bond donors (Lipinski definition) is 6. The van der Waals surface area contributed by atoms with Gasteiger partial charge in [-0.2, -0.15) is 13.2 Å². The van der Waals surface area contributed by atoms with Gasteiger partial charge in [-0.3, -0.25) is 4.79 Å². The predicted octanol–water partition coefficient (Wildman–Crippen LogP) is 1.65. The molecule has 0 bridgehead atoms. The van der Waals surface area contributed by atoms with E-state index in [2.05, 4.69) is 31.2 Å². The van der Waals surface area contributed by atoms with Crippen LogP contribution in [0.15, 0.2) is 38.0 Å². The number of nitrogens with two attached hydrogens (primary N) is 1. The zero-order valence-corrected chi connectivity index (χ0v) is 19.6. The molecule has 2 rings (SSSR count). The number of aliphatic hydroxyl groups is 3. The quantitative estimate of drug-likeness (QED) is 0.188. The first-order valence-electron chi connectivity index (χ1n) is 8.84. The standard InChI is InChI=1S/C17H20BrF3N4O5S2/c1-7(27)12(5-26)30-15(14(28)24-4-10(22)11-6-31-16(29)25-11)32-8-2-9(18)13(23-3-8)17(19,20)21/h2-4,6-7,12,14-15,24,26-28H,5,22H2,1H3,(H,25,29)/b10-4-. The normalized spacial score (nSPS) is 16.4. The maximum atomic E-state index is 12.9. The van der Waals surface area contributed by atoms with Gasteiger partial charge in [0.1, 0.15) is 6.10 Å². The Kier molecular flexibility index (Phi) is 9.56. The van der Waals surface area contributed by atoms with E-state index in [1.807, 2.05) is 0 Å². The highest BCUT2D eigenvalue weighted by Crippen LogP contribution is 2.36. The molecule has 2 heterocycles. The van der Waals surface area contributed by atoms with E-state index in [-0.39, 0.29) is 19.9 Å². The Morgan fingerprint density at radius 1 is 1.50 bits per heavy atom. The molecule has 4 atom stereocenters. The summed E-state index contributed by atoms with van der Waals surface area (Å²) in [5, 5.41) is 33.8. The van der Waals surface area contributed by atoms with Gasteiger partial charge < -0.3 is 36.1 Å². The second-order valence-corrected chi connectivity index (χ2v) is 9.22. The van der Waals surface area contributed by atoms with E-state index in [0.717, 1.165) is 35.4 Å². The van der Waals surface area contributed by atoms with E-state index in [0.29, 0.717) is 5.69 Å². The highest BCUT2D eigenvalue weighted by molar-refractivity contribution is 9.10. The van der Waals surface area contributed by atoms with Crippen LogP contribution in [0.1, 0.15) is 18.3 Å². The van der Waals surface area contributed by atoms with E-state index in [1.165, 1.54) is 18.5 Å². The lowest BCUT2D eigenvalue weighted by Crippen LogP contribution is -2.42. The molecule has 0 saturated heterocycles. The lowest BCUT2D eigenvalue weighted by atomic mass is 10.2. The summed E-state index contributed by atoms with van der Waals surface area (Å²) >= 11 is 4.52. The van der Waals surface area contributed by atoms with Crippen molar-refractivity contribution in [3.8, 4) is 0 Å². The van der Waals surface area contributed by atoms with Crippen LogP contribution in [0.2, 0.25) is 0 Å². The zero-order valence-electron chi connectivity index (χ0n) is 16.3. The third-order valence-corrected chi connectivity index (χ3v) is 6.23. The summed E-state index contributed by atoms with van der Waals surface area (Å²) in [6.07, 6.45) is -6.18. The molecule has 0 aliphatic carbocycles. The molecule has 0 aliphatic rings. The molecular formula is C17H20BrF3N4O5S2. The van der Waals surface area contributed by atoms with E-state index in [1.54, 1.807) is 0 Å². The zero-order chi connectivity index (χ0) is 24.1. The molecule has 15 heteroatoms. The van der Waals surface area contributed by atoms with Gasteiger partial charge in [0.15, 0.2) is 17.4 Å². The molecule has 0 amide bonds. The van der Waals surface area contributed by atoms with Crippen LogP contribution in [0.4, 0.5) is 13.2 Å². The fraction of sp³-hybridized carbons (Fsp3) is 0.412. The lowest BCUT2D eigenvalue weighted by molar-refractivity contribution is -0.141. The number of nitrogens with one attached hydrogen (secondary N) is 2. The van der Waals surface area contributed by atoms with Gasteiger partial charge >= 0.3 is 11.0 Å². The molecule has 0 radical (unpaired) electrons. The van der Waals surface area contributed by atoms with Crippen LogP contribution >= 0.6 is 39.0 Å². The summed E-state index contributed by atoms with van der Waals surface area (Å²) in [6.45, 7) is 0.786. The van der Waals surface area contributed by atoms with Crippen LogP contribution in [-0.4, -0.2) is 55.8 Å². The van der Waals surface area contributed by atoms with Crippen LogP contribution in [-0.2, 0) is 10.9 Å². The minimum Gasteiger partial charge on any atom is -0.396 e. The predicted molar refractivity (Wildman–Crippen MR) is 116 cm³/mol. The van der Waals surface area contributed by atoms with Gasteiger partial charge in [0, 0.05) is 27.1 Å². The number of rotatable bonds is 10. The van der Waals surface area contributed by atoms with E-state index in [4.69, 9.17) is 10.5 Å². The topological polar surface area (TPSA) is 154 Å². The van der Waals surface area contributed by atoms with Gasteiger partial charge in [0.2, 0.25) is 0 Å². The number of aliphatic hydroxyl groups excluding tert-OH is 3. The number of alkyl halides is 3. The van der Waals surface area contributed by atoms with Gasteiger partial charge in [-0.25, -0.2) is 4.98 Å². The van der Waals surface area contributed by atoms with Crippen LogP contribution in [0.25, 0.3) is 5.70 Å². The number of H-pyrrole nitrogens is 1. The van der Waals surface area contributed by atoms with Crippen LogP contribution in [0.3, 0.4) is 0 Å². The van der Waals surface area contributed by atoms with Crippen molar-refractivity contribution in [1.29, 1.82) is 0 Å². The van der Waals surface area contributed by atoms with Gasteiger partial charge in [-0.1, -0.05) is 23.1 Å².